The maximum Gasteiger partial charge on any atom is 0.318 e. The summed E-state index contributed by atoms with van der Waals surface area (Å²) in [6.07, 6.45) is -0.0852. The van der Waals surface area contributed by atoms with Gasteiger partial charge >= 0.3 is 6.03 Å². The lowest BCUT2D eigenvalue weighted by Crippen LogP contribution is -2.24. The summed E-state index contributed by atoms with van der Waals surface area (Å²) in [5, 5.41) is 8.16. The normalized spacial score (nSPS) is 10.3. The van der Waals surface area contributed by atoms with Crippen molar-refractivity contribution in [1.82, 2.24) is 5.32 Å². The number of carbonyl (C=O) groups excluding carboxylic acids is 2. The zero-order valence-corrected chi connectivity index (χ0v) is 16.3. The fourth-order valence-corrected chi connectivity index (χ4v) is 2.49. The molecule has 0 aromatic heterocycles. The minimum absolute atomic E-state index is 0.0852. The van der Waals surface area contributed by atoms with Crippen LogP contribution in [0.3, 0.4) is 0 Å². The summed E-state index contributed by atoms with van der Waals surface area (Å²) < 4.78 is 10.9. The Kier molecular flexibility index (Phi) is 6.90. The lowest BCUT2D eigenvalue weighted by Gasteiger charge is -2.16. The predicted octanol–water partition coefficient (Wildman–Crippen LogP) is 4.14. The largest absolute Gasteiger partial charge is 0.493 e. The Bertz CT molecular complexity index is 822. The van der Waals surface area contributed by atoms with Crippen molar-refractivity contribution >= 4 is 34.9 Å². The van der Waals surface area contributed by atoms with Gasteiger partial charge in [-0.25, -0.2) is 4.79 Å². The Morgan fingerprint density at radius 3 is 2.15 bits per heavy atom. The van der Waals surface area contributed by atoms with Gasteiger partial charge in [-0.3, -0.25) is 4.79 Å². The molecule has 0 atom stereocenters. The molecule has 0 spiro atoms. The van der Waals surface area contributed by atoms with Crippen molar-refractivity contribution in [2.75, 3.05) is 24.8 Å². The molecule has 0 saturated carbocycles. The molecule has 3 N–H and O–H groups in total. The second-order valence-electron chi connectivity index (χ2n) is 5.89. The molecule has 27 heavy (non-hydrogen) atoms. The minimum atomic E-state index is -0.349. The molecule has 2 aromatic carbocycles. The number of halogens is 1. The van der Waals surface area contributed by atoms with E-state index in [1.54, 1.807) is 30.3 Å². The van der Waals surface area contributed by atoms with Crippen LogP contribution in [0.5, 0.6) is 11.5 Å². The van der Waals surface area contributed by atoms with E-state index >= 15 is 0 Å². The van der Waals surface area contributed by atoms with Crippen LogP contribution in [-0.2, 0) is 0 Å². The predicted molar refractivity (Wildman–Crippen MR) is 106 cm³/mol. The van der Waals surface area contributed by atoms with E-state index < -0.39 is 0 Å². The second kappa shape index (κ2) is 9.14. The molecule has 0 heterocycles. The number of methoxy groups -OCH3 is 1. The molecule has 3 amide bonds. The first kappa shape index (κ1) is 20.4. The summed E-state index contributed by atoms with van der Waals surface area (Å²) in [6.45, 7) is 3.75. The van der Waals surface area contributed by atoms with Gasteiger partial charge in [-0.2, -0.15) is 0 Å². The van der Waals surface area contributed by atoms with Crippen LogP contribution in [-0.4, -0.2) is 32.2 Å². The van der Waals surface area contributed by atoms with Gasteiger partial charge in [-0.05, 0) is 50.2 Å². The monoisotopic (exact) mass is 391 g/mol. The molecule has 2 aromatic rings. The summed E-state index contributed by atoms with van der Waals surface area (Å²) in [5.41, 5.74) is 1.51. The molecule has 0 aliphatic carbocycles. The second-order valence-corrected chi connectivity index (χ2v) is 6.30. The Labute approximate surface area is 163 Å². The van der Waals surface area contributed by atoms with Crippen LogP contribution in [0, 0.1) is 0 Å². The Hall–Kier alpha value is -2.93. The highest BCUT2D eigenvalue weighted by atomic mass is 35.5. The molecule has 0 bridgehead atoms. The summed E-state index contributed by atoms with van der Waals surface area (Å²) in [4.78, 5) is 23.8. The molecule has 0 radical (unpaired) electrons. The van der Waals surface area contributed by atoms with E-state index in [9.17, 15) is 9.59 Å². The van der Waals surface area contributed by atoms with E-state index in [-0.39, 0.29) is 18.0 Å². The van der Waals surface area contributed by atoms with Crippen LogP contribution in [0.1, 0.15) is 24.2 Å². The first-order valence-corrected chi connectivity index (χ1v) is 8.66. The smallest absolute Gasteiger partial charge is 0.318 e. The van der Waals surface area contributed by atoms with Crippen molar-refractivity contribution < 1.29 is 19.1 Å². The van der Waals surface area contributed by atoms with Gasteiger partial charge in [0.05, 0.1) is 18.2 Å². The van der Waals surface area contributed by atoms with Crippen LogP contribution < -0.4 is 25.4 Å². The summed E-state index contributed by atoms with van der Waals surface area (Å²) in [7, 11) is 3.01. The van der Waals surface area contributed by atoms with Gasteiger partial charge in [0.15, 0.2) is 11.5 Å². The molecule has 144 valence electrons. The van der Waals surface area contributed by atoms with E-state index in [1.165, 1.54) is 20.2 Å². The van der Waals surface area contributed by atoms with E-state index in [1.807, 2.05) is 13.8 Å². The minimum Gasteiger partial charge on any atom is -0.493 e. The number of hydrogen-bond donors (Lipinski definition) is 3. The van der Waals surface area contributed by atoms with Crippen molar-refractivity contribution in [3.05, 3.63) is 47.0 Å². The quantitative estimate of drug-likeness (QED) is 0.690. The third kappa shape index (κ3) is 5.52. The van der Waals surface area contributed by atoms with Crippen molar-refractivity contribution in [1.29, 1.82) is 0 Å². The molecular weight excluding hydrogens is 370 g/mol. The van der Waals surface area contributed by atoms with Gasteiger partial charge < -0.3 is 25.4 Å². The lowest BCUT2D eigenvalue weighted by molar-refractivity contribution is 0.102. The van der Waals surface area contributed by atoms with Crippen molar-refractivity contribution in [3.63, 3.8) is 0 Å². The average molecular weight is 392 g/mol. The van der Waals surface area contributed by atoms with Crippen LogP contribution >= 0.6 is 11.6 Å². The van der Waals surface area contributed by atoms with E-state index in [0.29, 0.717) is 33.5 Å². The number of carbonyl (C=O) groups is 2. The first-order valence-electron chi connectivity index (χ1n) is 8.28. The molecule has 0 aliphatic heterocycles. The van der Waals surface area contributed by atoms with Crippen LogP contribution in [0.2, 0.25) is 5.02 Å². The van der Waals surface area contributed by atoms with Gasteiger partial charge in [0, 0.05) is 24.0 Å². The number of benzene rings is 2. The van der Waals surface area contributed by atoms with E-state index in [0.717, 1.165) is 0 Å². The topological polar surface area (TPSA) is 88.7 Å². The SMILES string of the molecule is CNC(=O)Nc1ccc(NC(=O)c2cc(Cl)c(OC(C)C)c(OC)c2)cc1. The zero-order chi connectivity index (χ0) is 20.0. The highest BCUT2D eigenvalue weighted by Gasteiger charge is 2.17. The maximum absolute atomic E-state index is 12.5. The van der Waals surface area contributed by atoms with Crippen LogP contribution in [0.15, 0.2) is 36.4 Å². The maximum atomic E-state index is 12.5. The Morgan fingerprint density at radius 2 is 1.63 bits per heavy atom. The van der Waals surface area contributed by atoms with Crippen LogP contribution in [0.4, 0.5) is 16.2 Å². The summed E-state index contributed by atoms with van der Waals surface area (Å²) in [6, 6.07) is 9.49. The number of hydrogen-bond acceptors (Lipinski definition) is 4. The third-order valence-corrected chi connectivity index (χ3v) is 3.75. The number of amides is 3. The van der Waals surface area contributed by atoms with Gasteiger partial charge in [-0.15, -0.1) is 0 Å². The first-order chi connectivity index (χ1) is 12.8. The fourth-order valence-electron chi connectivity index (χ4n) is 2.23. The standard InChI is InChI=1S/C19H22ClN3O4/c1-11(2)27-17-15(20)9-12(10-16(17)26-4)18(24)22-13-5-7-14(8-6-13)23-19(25)21-3/h5-11H,1-4H3,(H,22,24)(H2,21,23,25). The zero-order valence-electron chi connectivity index (χ0n) is 15.6. The molecule has 0 fully saturated rings. The highest BCUT2D eigenvalue weighted by molar-refractivity contribution is 6.32. The molecule has 8 heteroatoms. The lowest BCUT2D eigenvalue weighted by atomic mass is 10.1. The van der Waals surface area contributed by atoms with Gasteiger partial charge in [-0.1, -0.05) is 11.6 Å². The van der Waals surface area contributed by atoms with Crippen molar-refractivity contribution in [3.8, 4) is 11.5 Å². The van der Waals surface area contributed by atoms with Gasteiger partial charge in [0.2, 0.25) is 0 Å². The highest BCUT2D eigenvalue weighted by Crippen LogP contribution is 2.37. The van der Waals surface area contributed by atoms with Crippen LogP contribution in [0.25, 0.3) is 0 Å². The molecular formula is C19H22ClN3O4. The average Bonchev–Trinajstić information content (AvgIpc) is 2.64. The number of nitrogens with one attached hydrogen (secondary N) is 3. The van der Waals surface area contributed by atoms with Gasteiger partial charge in [0.25, 0.3) is 5.91 Å². The molecule has 0 unspecified atom stereocenters. The number of rotatable bonds is 6. The molecule has 0 saturated heterocycles. The Balaban J connectivity index is 2.15. The van der Waals surface area contributed by atoms with Gasteiger partial charge in [0.1, 0.15) is 0 Å². The number of ether oxygens (including phenoxy) is 2. The molecule has 2 rings (SSSR count). The molecule has 0 aliphatic rings. The Morgan fingerprint density at radius 1 is 1.04 bits per heavy atom. The fraction of sp³-hybridized carbons (Fsp3) is 0.263. The summed E-state index contributed by atoms with van der Waals surface area (Å²) >= 11 is 6.26. The molecule has 7 nitrogen and oxygen atoms in total. The summed E-state index contributed by atoms with van der Waals surface area (Å²) in [5.74, 6) is 0.431. The number of anilines is 2. The van der Waals surface area contributed by atoms with E-state index in [4.69, 9.17) is 21.1 Å². The third-order valence-electron chi connectivity index (χ3n) is 3.47. The van der Waals surface area contributed by atoms with E-state index in [2.05, 4.69) is 16.0 Å². The van der Waals surface area contributed by atoms with Crippen molar-refractivity contribution in [2.45, 2.75) is 20.0 Å². The number of urea groups is 1. The van der Waals surface area contributed by atoms with Crippen molar-refractivity contribution in [2.24, 2.45) is 0 Å².